The van der Waals surface area contributed by atoms with Gasteiger partial charge in [0.15, 0.2) is 0 Å². The molecule has 1 fully saturated rings. The maximum absolute atomic E-state index is 12.1. The van der Waals surface area contributed by atoms with Gasteiger partial charge < -0.3 is 0 Å². The Balaban J connectivity index is 1.73. The molecule has 0 radical (unpaired) electrons. The third-order valence-corrected chi connectivity index (χ3v) is 7.29. The van der Waals surface area contributed by atoms with Crippen molar-refractivity contribution >= 4 is 39.1 Å². The van der Waals surface area contributed by atoms with Crippen molar-refractivity contribution in [2.45, 2.75) is 62.1 Å². The van der Waals surface area contributed by atoms with Crippen LogP contribution < -0.4 is 0 Å². The zero-order valence-corrected chi connectivity index (χ0v) is 14.4. The molecule has 1 saturated carbocycles. The van der Waals surface area contributed by atoms with Crippen LogP contribution in [-0.4, -0.2) is 21.0 Å². The van der Waals surface area contributed by atoms with Crippen molar-refractivity contribution in [3.05, 3.63) is 16.8 Å². The van der Waals surface area contributed by atoms with Gasteiger partial charge in [-0.15, -0.1) is 11.3 Å². The number of thiophene rings is 1. The van der Waals surface area contributed by atoms with E-state index in [0.717, 1.165) is 47.9 Å². The molecule has 0 saturated heterocycles. The average molecular weight is 332 g/mol. The lowest BCUT2D eigenvalue weighted by molar-refractivity contribution is -0.119. The Hall–Kier alpha value is -0.940. The summed E-state index contributed by atoms with van der Waals surface area (Å²) < 4.78 is 0. The fourth-order valence-electron chi connectivity index (χ4n) is 3.55. The van der Waals surface area contributed by atoms with Crippen molar-refractivity contribution in [2.24, 2.45) is 5.92 Å². The molecule has 0 aromatic carbocycles. The zero-order chi connectivity index (χ0) is 15.1. The molecule has 0 N–H and O–H groups in total. The van der Waals surface area contributed by atoms with Crippen LogP contribution in [0.1, 0.15) is 49.5 Å². The van der Waals surface area contributed by atoms with E-state index in [1.54, 1.807) is 18.1 Å². The Bertz CT molecular complexity index is 725. The van der Waals surface area contributed by atoms with Gasteiger partial charge in [-0.05, 0) is 43.6 Å². The van der Waals surface area contributed by atoms with E-state index in [9.17, 15) is 4.79 Å². The largest absolute Gasteiger partial charge is 0.298 e. The number of thioether (sulfide) groups is 1. The van der Waals surface area contributed by atoms with E-state index in [-0.39, 0.29) is 5.25 Å². The number of carbonyl (C=O) groups is 1. The number of hydrogen-bond acceptors (Lipinski definition) is 5. The van der Waals surface area contributed by atoms with E-state index in [0.29, 0.717) is 5.78 Å². The summed E-state index contributed by atoms with van der Waals surface area (Å²) in [4.78, 5) is 23.8. The van der Waals surface area contributed by atoms with Crippen LogP contribution in [0.15, 0.2) is 11.4 Å². The molecule has 2 aliphatic rings. The molecule has 0 spiro atoms. The van der Waals surface area contributed by atoms with Gasteiger partial charge in [-0.25, -0.2) is 9.97 Å². The molecule has 0 bridgehead atoms. The number of Topliss-reactive ketones (excluding diaryl/α,β-unsaturated/α-hetero) is 1. The highest BCUT2D eigenvalue weighted by molar-refractivity contribution is 8.00. The lowest BCUT2D eigenvalue weighted by Gasteiger charge is -2.21. The van der Waals surface area contributed by atoms with Gasteiger partial charge in [-0.1, -0.05) is 25.1 Å². The van der Waals surface area contributed by atoms with Gasteiger partial charge >= 0.3 is 0 Å². The molecular formula is C17H20N2OS2. The Kier molecular flexibility index (Phi) is 3.95. The molecule has 2 heterocycles. The van der Waals surface area contributed by atoms with Gasteiger partial charge in [0, 0.05) is 16.7 Å². The summed E-state index contributed by atoms with van der Waals surface area (Å²) in [5.41, 5.74) is 1.46. The predicted octanol–water partition coefficient (Wildman–Crippen LogP) is 4.42. The monoisotopic (exact) mass is 332 g/mol. The molecule has 3 nitrogen and oxygen atoms in total. The highest BCUT2D eigenvalue weighted by atomic mass is 32.2. The van der Waals surface area contributed by atoms with Crippen molar-refractivity contribution in [3.63, 3.8) is 0 Å². The number of carbonyl (C=O) groups excluding carboxylic acids is 1. The summed E-state index contributed by atoms with van der Waals surface area (Å²) in [5.74, 6) is 1.17. The van der Waals surface area contributed by atoms with Gasteiger partial charge in [-0.3, -0.25) is 4.79 Å². The highest BCUT2D eigenvalue weighted by Crippen LogP contribution is 2.42. The number of aromatic nitrogens is 2. The molecule has 0 amide bonds. The summed E-state index contributed by atoms with van der Waals surface area (Å²) in [5, 5.41) is 2.39. The summed E-state index contributed by atoms with van der Waals surface area (Å²) in [6.45, 7) is 2.33. The third-order valence-electron chi connectivity index (χ3n) is 4.81. The second-order valence-corrected chi connectivity index (χ2v) is 8.80. The van der Waals surface area contributed by atoms with Crippen LogP contribution in [-0.2, 0) is 17.6 Å². The van der Waals surface area contributed by atoms with Crippen LogP contribution in [0.4, 0.5) is 0 Å². The van der Waals surface area contributed by atoms with Gasteiger partial charge in [0.2, 0.25) is 0 Å². The Labute approximate surface area is 138 Å². The SMILES string of the molecule is C[C@H]1CCc2c(sc3ncnc(S[C@H]4CCCCC4=O)c23)C1. The summed E-state index contributed by atoms with van der Waals surface area (Å²) in [7, 11) is 0. The van der Waals surface area contributed by atoms with Crippen LogP contribution in [0, 0.1) is 5.92 Å². The van der Waals surface area contributed by atoms with Crippen LogP contribution in [0.2, 0.25) is 0 Å². The molecule has 5 heteroatoms. The van der Waals surface area contributed by atoms with Crippen LogP contribution in [0.5, 0.6) is 0 Å². The quantitative estimate of drug-likeness (QED) is 0.764. The molecule has 2 aromatic heterocycles. The molecule has 2 aliphatic carbocycles. The second-order valence-electron chi connectivity index (χ2n) is 6.53. The molecule has 22 heavy (non-hydrogen) atoms. The topological polar surface area (TPSA) is 42.9 Å². The number of nitrogens with zero attached hydrogens (tertiary/aromatic N) is 2. The molecule has 2 atom stereocenters. The first kappa shape index (κ1) is 14.6. The van der Waals surface area contributed by atoms with E-state index >= 15 is 0 Å². The molecule has 0 aliphatic heterocycles. The van der Waals surface area contributed by atoms with Crippen LogP contribution in [0.25, 0.3) is 10.2 Å². The Morgan fingerprint density at radius 2 is 2.14 bits per heavy atom. The summed E-state index contributed by atoms with van der Waals surface area (Å²) >= 11 is 3.52. The number of ketones is 1. The number of fused-ring (bicyclic) bond motifs is 3. The van der Waals surface area contributed by atoms with Gasteiger partial charge in [-0.2, -0.15) is 0 Å². The van der Waals surface area contributed by atoms with Crippen molar-refractivity contribution in [3.8, 4) is 0 Å². The molecule has 0 unspecified atom stereocenters. The van der Waals surface area contributed by atoms with Gasteiger partial charge in [0.1, 0.15) is 22.0 Å². The minimum atomic E-state index is 0.102. The normalized spacial score (nSPS) is 25.4. The van der Waals surface area contributed by atoms with Crippen molar-refractivity contribution in [1.82, 2.24) is 9.97 Å². The fourth-order valence-corrected chi connectivity index (χ4v) is 6.21. The number of rotatable bonds is 2. The van der Waals surface area contributed by atoms with Crippen LogP contribution >= 0.6 is 23.1 Å². The highest BCUT2D eigenvalue weighted by Gasteiger charge is 2.27. The zero-order valence-electron chi connectivity index (χ0n) is 12.8. The van der Waals surface area contributed by atoms with E-state index < -0.39 is 0 Å². The predicted molar refractivity (Wildman–Crippen MR) is 91.7 cm³/mol. The number of aryl methyl sites for hydroxylation is 1. The van der Waals surface area contributed by atoms with Crippen molar-refractivity contribution in [1.29, 1.82) is 0 Å². The first-order valence-corrected chi connectivity index (χ1v) is 9.86. The first-order chi connectivity index (χ1) is 10.7. The second kappa shape index (κ2) is 5.93. The van der Waals surface area contributed by atoms with Crippen LogP contribution in [0.3, 0.4) is 0 Å². The molecule has 4 rings (SSSR count). The molecule has 2 aromatic rings. The lowest BCUT2D eigenvalue weighted by atomic mass is 9.89. The minimum Gasteiger partial charge on any atom is -0.298 e. The lowest BCUT2D eigenvalue weighted by Crippen LogP contribution is -2.21. The van der Waals surface area contributed by atoms with Gasteiger partial charge in [0.05, 0.1) is 5.25 Å². The molecular weight excluding hydrogens is 312 g/mol. The van der Waals surface area contributed by atoms with E-state index in [2.05, 4.69) is 16.9 Å². The average Bonchev–Trinajstić information content (AvgIpc) is 2.88. The maximum atomic E-state index is 12.1. The fraction of sp³-hybridized carbons (Fsp3) is 0.588. The number of hydrogen-bond donors (Lipinski definition) is 0. The summed E-state index contributed by atoms with van der Waals surface area (Å²) in [6, 6.07) is 0. The summed E-state index contributed by atoms with van der Waals surface area (Å²) in [6.07, 6.45) is 9.18. The van der Waals surface area contributed by atoms with Gasteiger partial charge in [0.25, 0.3) is 0 Å². The Morgan fingerprint density at radius 1 is 1.23 bits per heavy atom. The van der Waals surface area contributed by atoms with E-state index in [1.165, 1.54) is 28.7 Å². The van der Waals surface area contributed by atoms with E-state index in [4.69, 9.17) is 0 Å². The van der Waals surface area contributed by atoms with Crippen molar-refractivity contribution < 1.29 is 4.79 Å². The standard InChI is InChI=1S/C17H20N2OS2/c1-10-6-7-11-14(8-10)22-17-15(11)16(18-9-19-17)21-13-5-3-2-4-12(13)20/h9-10,13H,2-8H2,1H3/t10-,13-/m0/s1. The smallest absolute Gasteiger partial charge is 0.146 e. The minimum absolute atomic E-state index is 0.102. The first-order valence-electron chi connectivity index (χ1n) is 8.17. The Morgan fingerprint density at radius 3 is 3.00 bits per heavy atom. The molecule has 116 valence electrons. The van der Waals surface area contributed by atoms with Crippen molar-refractivity contribution in [2.75, 3.05) is 0 Å². The third kappa shape index (κ3) is 2.58. The maximum Gasteiger partial charge on any atom is 0.146 e. The van der Waals surface area contributed by atoms with E-state index in [1.807, 2.05) is 11.3 Å².